The smallest absolute Gasteiger partial charge is 0.239 e. The SMILES string of the molecule is Cc1ccc(-n2cc3c(N4CCN(C)[C@@H](C(=O)NCc5ccc(Br)cc5)C4)ncnc3n2)cc1. The molecule has 0 saturated carbocycles. The maximum Gasteiger partial charge on any atom is 0.239 e. The Morgan fingerprint density at radius 1 is 1.09 bits per heavy atom. The molecule has 9 heteroatoms. The van der Waals surface area contributed by atoms with E-state index in [1.165, 1.54) is 5.56 Å². The Morgan fingerprint density at radius 2 is 1.85 bits per heavy atom. The summed E-state index contributed by atoms with van der Waals surface area (Å²) in [4.78, 5) is 26.3. The lowest BCUT2D eigenvalue weighted by Crippen LogP contribution is -2.57. The number of likely N-dealkylation sites (N-methyl/N-ethyl adjacent to an activating group) is 1. The van der Waals surface area contributed by atoms with Crippen LogP contribution in [0.4, 0.5) is 5.82 Å². The molecule has 1 fully saturated rings. The van der Waals surface area contributed by atoms with Crippen molar-refractivity contribution in [1.29, 1.82) is 0 Å². The number of aryl methyl sites for hydroxylation is 1. The molecule has 1 saturated heterocycles. The lowest BCUT2D eigenvalue weighted by molar-refractivity contribution is -0.126. The third kappa shape index (κ3) is 4.67. The van der Waals surface area contributed by atoms with E-state index < -0.39 is 0 Å². The number of aromatic nitrogens is 4. The van der Waals surface area contributed by atoms with Gasteiger partial charge in [-0.3, -0.25) is 9.69 Å². The molecule has 4 aromatic rings. The molecular formula is C25H26BrN7O. The van der Waals surface area contributed by atoms with Crippen molar-refractivity contribution in [2.75, 3.05) is 31.6 Å². The maximum absolute atomic E-state index is 13.1. The van der Waals surface area contributed by atoms with Gasteiger partial charge < -0.3 is 10.2 Å². The number of hydrogen-bond acceptors (Lipinski definition) is 6. The molecule has 1 aliphatic heterocycles. The van der Waals surface area contributed by atoms with Crippen molar-refractivity contribution in [3.05, 3.63) is 76.7 Å². The van der Waals surface area contributed by atoms with Crippen LogP contribution in [0, 0.1) is 6.92 Å². The third-order valence-corrected chi connectivity index (χ3v) is 6.75. The summed E-state index contributed by atoms with van der Waals surface area (Å²) in [7, 11) is 1.99. The van der Waals surface area contributed by atoms with Crippen molar-refractivity contribution in [2.45, 2.75) is 19.5 Å². The van der Waals surface area contributed by atoms with E-state index in [4.69, 9.17) is 0 Å². The van der Waals surface area contributed by atoms with Crippen LogP contribution in [0.25, 0.3) is 16.7 Å². The standard InChI is InChI=1S/C25H26BrN7O/c1-17-3-9-20(10-4-17)33-14-21-23(30-33)28-16-29-24(21)32-12-11-31(2)22(15-32)25(34)27-13-18-5-7-19(26)8-6-18/h3-10,14,16,22H,11-13,15H2,1-2H3,(H,27,34)/t22-/m1/s1. The summed E-state index contributed by atoms with van der Waals surface area (Å²) in [5.74, 6) is 0.818. The molecule has 1 atom stereocenters. The number of nitrogens with one attached hydrogen (secondary N) is 1. The number of halogens is 1. The second-order valence-corrected chi connectivity index (χ2v) is 9.55. The van der Waals surface area contributed by atoms with Gasteiger partial charge in [-0.05, 0) is 43.8 Å². The first-order valence-electron chi connectivity index (χ1n) is 11.2. The molecule has 0 aliphatic carbocycles. The van der Waals surface area contributed by atoms with Crippen LogP contribution in [0.1, 0.15) is 11.1 Å². The van der Waals surface area contributed by atoms with E-state index in [2.05, 4.69) is 65.2 Å². The second-order valence-electron chi connectivity index (χ2n) is 8.63. The summed E-state index contributed by atoms with van der Waals surface area (Å²) in [5.41, 5.74) is 3.87. The summed E-state index contributed by atoms with van der Waals surface area (Å²) in [6, 6.07) is 15.9. The van der Waals surface area contributed by atoms with Gasteiger partial charge in [-0.2, -0.15) is 0 Å². The van der Waals surface area contributed by atoms with E-state index in [0.717, 1.165) is 40.0 Å². The molecule has 3 heterocycles. The van der Waals surface area contributed by atoms with Crippen molar-refractivity contribution in [1.82, 2.24) is 30.0 Å². The van der Waals surface area contributed by atoms with E-state index in [1.54, 1.807) is 6.33 Å². The average Bonchev–Trinajstić information content (AvgIpc) is 3.29. The van der Waals surface area contributed by atoms with Crippen LogP contribution in [0.5, 0.6) is 0 Å². The van der Waals surface area contributed by atoms with Crippen LogP contribution in [0.3, 0.4) is 0 Å². The second kappa shape index (κ2) is 9.52. The van der Waals surface area contributed by atoms with Gasteiger partial charge in [0.1, 0.15) is 18.2 Å². The summed E-state index contributed by atoms with van der Waals surface area (Å²) in [6.45, 7) is 4.64. The van der Waals surface area contributed by atoms with Crippen molar-refractivity contribution < 1.29 is 4.79 Å². The predicted octanol–water partition coefficient (Wildman–Crippen LogP) is 3.32. The highest BCUT2D eigenvalue weighted by Crippen LogP contribution is 2.25. The Morgan fingerprint density at radius 3 is 2.62 bits per heavy atom. The summed E-state index contributed by atoms with van der Waals surface area (Å²) in [5, 5.41) is 8.61. The molecule has 1 amide bonds. The number of rotatable bonds is 5. The minimum absolute atomic E-state index is 0.00997. The monoisotopic (exact) mass is 519 g/mol. The minimum Gasteiger partial charge on any atom is -0.353 e. The third-order valence-electron chi connectivity index (χ3n) is 6.22. The molecule has 0 radical (unpaired) electrons. The number of anilines is 1. The zero-order valence-corrected chi connectivity index (χ0v) is 20.7. The van der Waals surface area contributed by atoms with Crippen LogP contribution < -0.4 is 10.2 Å². The van der Waals surface area contributed by atoms with E-state index in [-0.39, 0.29) is 11.9 Å². The van der Waals surface area contributed by atoms with Gasteiger partial charge in [0, 0.05) is 36.8 Å². The molecule has 2 aromatic heterocycles. The van der Waals surface area contributed by atoms with Gasteiger partial charge in [0.2, 0.25) is 5.91 Å². The summed E-state index contributed by atoms with van der Waals surface area (Å²) in [6.07, 6.45) is 3.52. The van der Waals surface area contributed by atoms with E-state index >= 15 is 0 Å². The molecule has 174 valence electrons. The molecule has 5 rings (SSSR count). The van der Waals surface area contributed by atoms with E-state index in [9.17, 15) is 4.79 Å². The first-order valence-corrected chi connectivity index (χ1v) is 12.0. The molecule has 0 spiro atoms. The van der Waals surface area contributed by atoms with Gasteiger partial charge in [-0.1, -0.05) is 45.8 Å². The fraction of sp³-hybridized carbons (Fsp3) is 0.280. The summed E-state index contributed by atoms with van der Waals surface area (Å²) >= 11 is 3.44. The van der Waals surface area contributed by atoms with Gasteiger partial charge >= 0.3 is 0 Å². The van der Waals surface area contributed by atoms with Crippen molar-refractivity contribution in [3.8, 4) is 5.69 Å². The fourth-order valence-electron chi connectivity index (χ4n) is 4.17. The quantitative estimate of drug-likeness (QED) is 0.435. The molecular weight excluding hydrogens is 494 g/mol. The Labute approximate surface area is 206 Å². The van der Waals surface area contributed by atoms with E-state index in [0.29, 0.717) is 18.7 Å². The van der Waals surface area contributed by atoms with Crippen LogP contribution in [0.2, 0.25) is 0 Å². The molecule has 1 N–H and O–H groups in total. The lowest BCUT2D eigenvalue weighted by atomic mass is 10.1. The highest BCUT2D eigenvalue weighted by atomic mass is 79.9. The molecule has 0 unspecified atom stereocenters. The minimum atomic E-state index is -0.277. The number of carbonyl (C=O) groups excluding carboxylic acids is 1. The largest absolute Gasteiger partial charge is 0.353 e. The number of amides is 1. The lowest BCUT2D eigenvalue weighted by Gasteiger charge is -2.39. The number of fused-ring (bicyclic) bond motifs is 1. The average molecular weight is 520 g/mol. The molecule has 1 aliphatic rings. The number of hydrogen-bond donors (Lipinski definition) is 1. The Kier molecular flexibility index (Phi) is 6.30. The van der Waals surface area contributed by atoms with Crippen LogP contribution in [-0.2, 0) is 11.3 Å². The molecule has 34 heavy (non-hydrogen) atoms. The van der Waals surface area contributed by atoms with Gasteiger partial charge in [-0.15, -0.1) is 5.10 Å². The Bertz CT molecular complexity index is 1300. The van der Waals surface area contributed by atoms with Crippen molar-refractivity contribution >= 4 is 38.7 Å². The predicted molar refractivity (Wildman–Crippen MR) is 136 cm³/mol. The first-order chi connectivity index (χ1) is 16.5. The summed E-state index contributed by atoms with van der Waals surface area (Å²) < 4.78 is 2.85. The highest BCUT2D eigenvalue weighted by Gasteiger charge is 2.31. The van der Waals surface area contributed by atoms with Gasteiger partial charge in [0.25, 0.3) is 0 Å². The van der Waals surface area contributed by atoms with Crippen LogP contribution >= 0.6 is 15.9 Å². The van der Waals surface area contributed by atoms with Gasteiger partial charge in [0.05, 0.1) is 11.1 Å². The fourth-order valence-corrected chi connectivity index (χ4v) is 4.43. The molecule has 0 bridgehead atoms. The number of nitrogens with zero attached hydrogens (tertiary/aromatic N) is 6. The molecule has 2 aromatic carbocycles. The maximum atomic E-state index is 13.1. The highest BCUT2D eigenvalue weighted by molar-refractivity contribution is 9.10. The molecule has 8 nitrogen and oxygen atoms in total. The topological polar surface area (TPSA) is 79.2 Å². The first kappa shape index (κ1) is 22.5. The number of piperazine rings is 1. The van der Waals surface area contributed by atoms with Crippen molar-refractivity contribution in [3.63, 3.8) is 0 Å². The Balaban J connectivity index is 1.35. The zero-order valence-electron chi connectivity index (χ0n) is 19.1. The van der Waals surface area contributed by atoms with Gasteiger partial charge in [-0.25, -0.2) is 14.6 Å². The number of benzene rings is 2. The normalized spacial score (nSPS) is 16.7. The Hall–Kier alpha value is -3.30. The van der Waals surface area contributed by atoms with Gasteiger partial charge in [0.15, 0.2) is 5.65 Å². The zero-order chi connectivity index (χ0) is 23.7. The van der Waals surface area contributed by atoms with Crippen molar-refractivity contribution in [2.24, 2.45) is 0 Å². The van der Waals surface area contributed by atoms with Crippen LogP contribution in [-0.4, -0.2) is 63.3 Å². The van der Waals surface area contributed by atoms with E-state index in [1.807, 2.05) is 54.3 Å². The number of carbonyl (C=O) groups is 1. The van der Waals surface area contributed by atoms with Crippen LogP contribution in [0.15, 0.2) is 65.5 Å².